The van der Waals surface area contributed by atoms with Crippen molar-refractivity contribution in [1.29, 1.82) is 5.26 Å². The maximum Gasteiger partial charge on any atom is 0.415 e. The van der Waals surface area contributed by atoms with Crippen LogP contribution in [-0.4, -0.2) is 64.6 Å². The Balaban J connectivity index is 1.16. The van der Waals surface area contributed by atoms with E-state index in [-0.39, 0.29) is 66.6 Å². The van der Waals surface area contributed by atoms with Crippen LogP contribution in [0.2, 0.25) is 5.02 Å². The summed E-state index contributed by atoms with van der Waals surface area (Å²) in [7, 11) is -6.65. The molecule has 1 aromatic heterocycles. The zero-order valence-electron chi connectivity index (χ0n) is 44.0. The van der Waals surface area contributed by atoms with Gasteiger partial charge in [-0.25, -0.2) is 26.6 Å². The molecule has 0 saturated heterocycles. The first kappa shape index (κ1) is 56.5. The van der Waals surface area contributed by atoms with Crippen molar-refractivity contribution in [2.75, 3.05) is 32.5 Å². The number of hydrogen-bond acceptors (Lipinski definition) is 12. The highest BCUT2D eigenvalue weighted by Gasteiger charge is 2.37. The van der Waals surface area contributed by atoms with Crippen LogP contribution in [-0.2, 0) is 35.0 Å². The summed E-state index contributed by atoms with van der Waals surface area (Å²) in [5.74, 6) is -1.53. The van der Waals surface area contributed by atoms with Gasteiger partial charge in [-0.05, 0) is 158 Å². The highest BCUT2D eigenvalue weighted by atomic mass is 35.5. The fourth-order valence-electron chi connectivity index (χ4n) is 9.62. The number of Topliss-reactive ketones (excluding diaryl/α,β-unsaturated/α-hetero) is 1. The summed E-state index contributed by atoms with van der Waals surface area (Å²) in [6, 6.07) is 26.9. The van der Waals surface area contributed by atoms with Crippen LogP contribution >= 0.6 is 11.6 Å². The molecule has 6 aromatic rings. The van der Waals surface area contributed by atoms with Gasteiger partial charge in [0.2, 0.25) is 27.8 Å². The molecule has 1 aliphatic carbocycles. The number of nitrogens with one attached hydrogen (secondary N) is 3. The van der Waals surface area contributed by atoms with Crippen LogP contribution in [0, 0.1) is 30.6 Å². The number of carbonyl (C=O) groups is 3. The second-order valence-corrected chi connectivity index (χ2v) is 24.8. The predicted octanol–water partition coefficient (Wildman–Crippen LogP) is 12.6. The lowest BCUT2D eigenvalue weighted by Crippen LogP contribution is -2.46. The average molecular weight is 1090 g/mol. The highest BCUT2D eigenvalue weighted by molar-refractivity contribution is 7.93. The number of sulfonamides is 2. The number of amides is 2. The number of carbonyl (C=O) groups excluding carboxylic acids is 3. The maximum absolute atomic E-state index is 14.7. The van der Waals surface area contributed by atoms with Crippen molar-refractivity contribution in [2.24, 2.45) is 5.41 Å². The molecular weight excluding hydrogens is 1030 g/mol. The number of aryl methyl sites for hydroxylation is 2. The molecule has 7 rings (SSSR count). The first-order chi connectivity index (χ1) is 35.8. The van der Waals surface area contributed by atoms with Gasteiger partial charge >= 0.3 is 6.09 Å². The van der Waals surface area contributed by atoms with Crippen molar-refractivity contribution in [3.63, 3.8) is 0 Å². The minimum absolute atomic E-state index is 0.0207. The lowest BCUT2D eigenvalue weighted by molar-refractivity contribution is -0.122. The second-order valence-electron chi connectivity index (χ2n) is 20.9. The molecule has 5 aromatic carbocycles. The van der Waals surface area contributed by atoms with E-state index in [1.165, 1.54) is 72.7 Å². The minimum Gasteiger partial charge on any atom is -0.497 e. The second kappa shape index (κ2) is 23.0. The molecule has 0 aliphatic heterocycles. The first-order valence-corrected chi connectivity index (χ1v) is 28.4. The summed E-state index contributed by atoms with van der Waals surface area (Å²) in [5.41, 5.74) is 4.44. The topological polar surface area (TPSA) is 227 Å². The molecule has 76 heavy (non-hydrogen) atoms. The number of nitrogens with zero attached hydrogens (tertiary/aromatic N) is 3. The zero-order chi connectivity index (χ0) is 55.3. The summed E-state index contributed by atoms with van der Waals surface area (Å²) in [6.07, 6.45) is 2.76. The molecular formula is C57H63ClN6O10S2. The number of methoxy groups -OCH3 is 1. The third kappa shape index (κ3) is 13.6. The fourth-order valence-corrected chi connectivity index (χ4v) is 12.2. The molecule has 16 nitrogen and oxygen atoms in total. The third-order valence-corrected chi connectivity index (χ3v) is 16.3. The number of benzene rings is 5. The molecule has 0 spiro atoms. The Morgan fingerprint density at radius 2 is 1.57 bits per heavy atom. The van der Waals surface area contributed by atoms with Crippen LogP contribution in [0.4, 0.5) is 27.5 Å². The molecule has 400 valence electrons. The van der Waals surface area contributed by atoms with E-state index < -0.39 is 43.9 Å². The molecule has 0 bridgehead atoms. The van der Waals surface area contributed by atoms with Gasteiger partial charge in [0.05, 0.1) is 34.2 Å². The van der Waals surface area contributed by atoms with Crippen molar-refractivity contribution in [3.05, 3.63) is 136 Å². The Morgan fingerprint density at radius 3 is 2.21 bits per heavy atom. The molecule has 1 atom stereocenters. The van der Waals surface area contributed by atoms with Gasteiger partial charge in [0.15, 0.2) is 5.58 Å². The van der Waals surface area contributed by atoms with Crippen LogP contribution in [0.1, 0.15) is 119 Å². The SMILES string of the molecule is CCCS(=O)(=O)Nc1ccc(C)c(S(=O)(=O)Nc2ccc(Cl)c(NC(=O)C(OC(=O)N(c3ccc(/C=C(\C#N)c4nc5cc(C(C)(C)CC(C)(C)C)ccc5o4)c(C)c3)C3CCCC3)C(=O)c3ccc(OC)cc3)c2)c1. The number of halogens is 1. The number of aromatic nitrogens is 1. The van der Waals surface area contributed by atoms with Crippen LogP contribution < -0.4 is 24.4 Å². The van der Waals surface area contributed by atoms with E-state index in [4.69, 9.17) is 30.5 Å². The van der Waals surface area contributed by atoms with Crippen LogP contribution in [0.15, 0.2) is 106 Å². The molecule has 1 aliphatic rings. The van der Waals surface area contributed by atoms with E-state index in [2.05, 4.69) is 55.4 Å². The standard InChI is InChI=1S/C57H63ClN6O10S2/c1-10-27-75(68,69)62-42-20-15-35(2)50(32-42)76(70,71)63-41-21-25-46(58)47(31-41)60-53(66)52(51(65)37-17-23-45(72-9)24-18-37)74-55(67)64(43-13-11-12-14-43)44-22-16-38(36(3)28-44)29-39(33-59)54-61-48-30-40(19-26-49(48)73-54)57(7,8)34-56(4,5)6/h15-26,28-32,43,52,62-63H,10-14,27,34H2,1-9H3,(H,60,66)/b39-29+. The van der Waals surface area contributed by atoms with Gasteiger partial charge in [0.25, 0.3) is 15.9 Å². The minimum atomic E-state index is -4.37. The van der Waals surface area contributed by atoms with E-state index >= 15 is 0 Å². The van der Waals surface area contributed by atoms with Crippen LogP contribution in [0.25, 0.3) is 22.7 Å². The van der Waals surface area contributed by atoms with Gasteiger partial charge in [0.1, 0.15) is 22.9 Å². The Labute approximate surface area is 449 Å². The van der Waals surface area contributed by atoms with Crippen molar-refractivity contribution in [2.45, 2.75) is 116 Å². The first-order valence-electron chi connectivity index (χ1n) is 24.9. The van der Waals surface area contributed by atoms with Gasteiger partial charge in [-0.1, -0.05) is 84.2 Å². The quantitative estimate of drug-likeness (QED) is 0.0391. The van der Waals surface area contributed by atoms with Crippen molar-refractivity contribution in [3.8, 4) is 11.8 Å². The Kier molecular flexibility index (Phi) is 17.1. The number of allylic oxidation sites excluding steroid dienone is 1. The van der Waals surface area contributed by atoms with E-state index in [1.807, 2.05) is 25.1 Å². The van der Waals surface area contributed by atoms with Crippen LogP contribution in [0.3, 0.4) is 0 Å². The van der Waals surface area contributed by atoms with Crippen molar-refractivity contribution < 1.29 is 45.1 Å². The number of anilines is 4. The number of rotatable bonds is 19. The lowest BCUT2D eigenvalue weighted by atomic mass is 9.72. The zero-order valence-corrected chi connectivity index (χ0v) is 46.4. The molecule has 1 unspecified atom stereocenters. The van der Waals surface area contributed by atoms with Gasteiger partial charge in [-0.3, -0.25) is 23.9 Å². The normalized spacial score (nSPS) is 13.9. The summed E-state index contributed by atoms with van der Waals surface area (Å²) >= 11 is 6.58. The molecule has 2 amide bonds. The number of ether oxygens (including phenoxy) is 2. The summed E-state index contributed by atoms with van der Waals surface area (Å²) in [4.78, 5) is 49.4. The third-order valence-electron chi connectivity index (χ3n) is 13.0. The number of hydrogen-bond donors (Lipinski definition) is 3. The van der Waals surface area contributed by atoms with Crippen molar-refractivity contribution in [1.82, 2.24) is 4.98 Å². The molecule has 3 N–H and O–H groups in total. The Bertz CT molecular complexity index is 3480. The molecule has 1 fully saturated rings. The van der Waals surface area contributed by atoms with Gasteiger partial charge in [-0.15, -0.1) is 0 Å². The van der Waals surface area contributed by atoms with E-state index in [0.29, 0.717) is 58.5 Å². The van der Waals surface area contributed by atoms with Gasteiger partial charge in [0, 0.05) is 23.0 Å². The Morgan fingerprint density at radius 1 is 0.882 bits per heavy atom. The molecule has 19 heteroatoms. The van der Waals surface area contributed by atoms with Crippen LogP contribution in [0.5, 0.6) is 5.75 Å². The number of oxazole rings is 1. The monoisotopic (exact) mass is 1090 g/mol. The average Bonchev–Trinajstić information content (AvgIpc) is 4.04. The lowest BCUT2D eigenvalue weighted by Gasteiger charge is -2.32. The van der Waals surface area contributed by atoms with Crippen molar-refractivity contribution >= 4 is 94.9 Å². The molecule has 1 saturated carbocycles. The molecule has 1 heterocycles. The van der Waals surface area contributed by atoms with E-state index in [0.717, 1.165) is 24.8 Å². The summed E-state index contributed by atoms with van der Waals surface area (Å²) < 4.78 is 74.8. The van der Waals surface area contributed by atoms with Gasteiger partial charge < -0.3 is 19.2 Å². The van der Waals surface area contributed by atoms with E-state index in [1.54, 1.807) is 38.1 Å². The fraction of sp³-hybridized carbons (Fsp3) is 0.351. The van der Waals surface area contributed by atoms with Gasteiger partial charge in [-0.2, -0.15) is 5.26 Å². The smallest absolute Gasteiger partial charge is 0.415 e. The number of ketones is 1. The maximum atomic E-state index is 14.7. The number of fused-ring (bicyclic) bond motifs is 1. The summed E-state index contributed by atoms with van der Waals surface area (Å²) in [5, 5.41) is 12.9. The summed E-state index contributed by atoms with van der Waals surface area (Å²) in [6.45, 7) is 16.1. The molecule has 0 radical (unpaired) electrons. The highest BCUT2D eigenvalue weighted by Crippen LogP contribution is 2.38. The Hall–Kier alpha value is -7.20. The predicted molar refractivity (Wildman–Crippen MR) is 298 cm³/mol. The van der Waals surface area contributed by atoms with E-state index in [9.17, 15) is 36.5 Å². The number of nitriles is 1. The largest absolute Gasteiger partial charge is 0.497 e.